The van der Waals surface area contributed by atoms with Gasteiger partial charge in [0.15, 0.2) is 0 Å². The minimum absolute atomic E-state index is 0.142. The maximum atomic E-state index is 13.1. The van der Waals surface area contributed by atoms with E-state index < -0.39 is 10.0 Å². The van der Waals surface area contributed by atoms with Crippen LogP contribution in [0.2, 0.25) is 0 Å². The Bertz CT molecular complexity index is 1190. The number of benzene rings is 2. The summed E-state index contributed by atoms with van der Waals surface area (Å²) in [6.07, 6.45) is 1.74. The number of phenols is 1. The number of hydrogen-bond acceptors (Lipinski definition) is 5. The molecule has 1 aliphatic heterocycles. The van der Waals surface area contributed by atoms with E-state index in [1.807, 2.05) is 18.2 Å². The van der Waals surface area contributed by atoms with Crippen molar-refractivity contribution in [3.8, 4) is 17.6 Å². The van der Waals surface area contributed by atoms with Gasteiger partial charge in [0.1, 0.15) is 11.6 Å². The Morgan fingerprint density at radius 1 is 0.833 bits per heavy atom. The average Bonchev–Trinajstić information content (AvgIpc) is 2.79. The monoisotopic (exact) mass is 419 g/mol. The number of sulfonamides is 1. The van der Waals surface area contributed by atoms with Crippen LogP contribution in [-0.2, 0) is 10.0 Å². The van der Waals surface area contributed by atoms with E-state index in [0.29, 0.717) is 37.3 Å². The summed E-state index contributed by atoms with van der Waals surface area (Å²) in [5.74, 6) is 6.93. The molecule has 1 aliphatic rings. The molecule has 7 heteroatoms. The van der Waals surface area contributed by atoms with E-state index in [1.54, 1.807) is 54.7 Å². The third kappa shape index (κ3) is 4.46. The van der Waals surface area contributed by atoms with Crippen LogP contribution in [0.1, 0.15) is 11.1 Å². The Morgan fingerprint density at radius 2 is 1.53 bits per heavy atom. The first-order chi connectivity index (χ1) is 14.5. The molecule has 0 aliphatic carbocycles. The number of aromatic nitrogens is 1. The van der Waals surface area contributed by atoms with Crippen LogP contribution in [0.15, 0.2) is 77.8 Å². The van der Waals surface area contributed by atoms with Gasteiger partial charge in [-0.1, -0.05) is 30.0 Å². The van der Waals surface area contributed by atoms with Crippen LogP contribution in [-0.4, -0.2) is 49.0 Å². The van der Waals surface area contributed by atoms with Crippen molar-refractivity contribution in [2.45, 2.75) is 4.90 Å². The molecule has 0 bridgehead atoms. The molecule has 4 rings (SSSR count). The van der Waals surface area contributed by atoms with E-state index in [4.69, 9.17) is 0 Å². The van der Waals surface area contributed by atoms with E-state index in [0.717, 1.165) is 5.82 Å². The zero-order valence-electron chi connectivity index (χ0n) is 16.3. The van der Waals surface area contributed by atoms with Crippen molar-refractivity contribution in [2.75, 3.05) is 31.1 Å². The maximum absolute atomic E-state index is 13.1. The lowest BCUT2D eigenvalue weighted by Crippen LogP contribution is -2.48. The molecule has 0 atom stereocenters. The summed E-state index contributed by atoms with van der Waals surface area (Å²) in [6.45, 7) is 1.98. The Kier molecular flexibility index (Phi) is 5.70. The lowest BCUT2D eigenvalue weighted by molar-refractivity contribution is 0.384. The van der Waals surface area contributed by atoms with Crippen LogP contribution in [0.4, 0.5) is 5.82 Å². The van der Waals surface area contributed by atoms with E-state index in [2.05, 4.69) is 21.7 Å². The lowest BCUT2D eigenvalue weighted by Gasteiger charge is -2.34. The molecule has 0 spiro atoms. The topological polar surface area (TPSA) is 73.7 Å². The molecule has 2 aromatic carbocycles. The highest BCUT2D eigenvalue weighted by Gasteiger charge is 2.28. The predicted octanol–water partition coefficient (Wildman–Crippen LogP) is 2.70. The smallest absolute Gasteiger partial charge is 0.243 e. The van der Waals surface area contributed by atoms with Gasteiger partial charge in [0.05, 0.1) is 4.90 Å². The minimum Gasteiger partial charge on any atom is -0.508 e. The largest absolute Gasteiger partial charge is 0.508 e. The van der Waals surface area contributed by atoms with Gasteiger partial charge in [-0.05, 0) is 48.5 Å². The number of hydrogen-bond donors (Lipinski definition) is 1. The second-order valence-electron chi connectivity index (χ2n) is 6.91. The Balaban J connectivity index is 1.49. The van der Waals surface area contributed by atoms with Gasteiger partial charge in [-0.3, -0.25) is 0 Å². The summed E-state index contributed by atoms with van der Waals surface area (Å²) < 4.78 is 27.7. The standard InChI is InChI=1S/C23H21N3O3S/c27-21-7-3-5-19(17-21)10-11-20-6-4-8-22(18-20)30(28,29)26-15-13-25(14-16-26)23-9-1-2-12-24-23/h1-9,12,17-18,27H,13-16H2. The normalized spacial score (nSPS) is 14.7. The highest BCUT2D eigenvalue weighted by atomic mass is 32.2. The van der Waals surface area contributed by atoms with Crippen molar-refractivity contribution in [1.29, 1.82) is 0 Å². The second-order valence-corrected chi connectivity index (χ2v) is 8.85. The summed E-state index contributed by atoms with van der Waals surface area (Å²) in [5, 5.41) is 9.54. The van der Waals surface area contributed by atoms with Crippen LogP contribution in [0.3, 0.4) is 0 Å². The zero-order chi connectivity index (χ0) is 21.0. The second kappa shape index (κ2) is 8.57. The molecule has 0 saturated carbocycles. The van der Waals surface area contributed by atoms with Crippen molar-refractivity contribution in [2.24, 2.45) is 0 Å². The van der Waals surface area contributed by atoms with Crippen LogP contribution in [0.25, 0.3) is 0 Å². The van der Waals surface area contributed by atoms with Crippen molar-refractivity contribution in [3.63, 3.8) is 0 Å². The predicted molar refractivity (Wildman–Crippen MR) is 116 cm³/mol. The summed E-state index contributed by atoms with van der Waals surface area (Å²) in [5.41, 5.74) is 1.26. The van der Waals surface area contributed by atoms with E-state index in [1.165, 1.54) is 4.31 Å². The first-order valence-corrected chi connectivity index (χ1v) is 11.0. The third-order valence-corrected chi connectivity index (χ3v) is 6.78. The average molecular weight is 420 g/mol. The van der Waals surface area contributed by atoms with Crippen molar-refractivity contribution < 1.29 is 13.5 Å². The Labute approximate surface area is 176 Å². The van der Waals surface area contributed by atoms with Crippen LogP contribution < -0.4 is 4.90 Å². The molecule has 1 fully saturated rings. The van der Waals surface area contributed by atoms with Gasteiger partial charge in [0, 0.05) is 43.5 Å². The number of pyridine rings is 1. The number of nitrogens with zero attached hydrogens (tertiary/aromatic N) is 3. The molecule has 1 aromatic heterocycles. The molecule has 3 aromatic rings. The summed E-state index contributed by atoms with van der Waals surface area (Å²) in [7, 11) is -3.60. The molecule has 0 amide bonds. The van der Waals surface area contributed by atoms with Gasteiger partial charge in [0.25, 0.3) is 0 Å². The molecule has 1 saturated heterocycles. The van der Waals surface area contributed by atoms with E-state index in [9.17, 15) is 13.5 Å². The number of rotatable bonds is 3. The fraction of sp³-hybridized carbons (Fsp3) is 0.174. The molecule has 0 unspecified atom stereocenters. The number of aromatic hydroxyl groups is 1. The molecular weight excluding hydrogens is 398 g/mol. The van der Waals surface area contributed by atoms with E-state index >= 15 is 0 Å². The summed E-state index contributed by atoms with van der Waals surface area (Å²) in [6, 6.07) is 19.0. The van der Waals surface area contributed by atoms with Gasteiger partial charge >= 0.3 is 0 Å². The van der Waals surface area contributed by atoms with Crippen molar-refractivity contribution >= 4 is 15.8 Å². The third-order valence-electron chi connectivity index (χ3n) is 4.88. The van der Waals surface area contributed by atoms with Crippen LogP contribution >= 0.6 is 0 Å². The number of anilines is 1. The van der Waals surface area contributed by atoms with Gasteiger partial charge in [-0.15, -0.1) is 0 Å². The molecule has 152 valence electrons. The number of phenolic OH excluding ortho intramolecular Hbond substituents is 1. The lowest BCUT2D eigenvalue weighted by atomic mass is 10.2. The fourth-order valence-electron chi connectivity index (χ4n) is 3.31. The van der Waals surface area contributed by atoms with Gasteiger partial charge < -0.3 is 10.0 Å². The van der Waals surface area contributed by atoms with Crippen LogP contribution in [0.5, 0.6) is 5.75 Å². The molecular formula is C23H21N3O3S. The first-order valence-electron chi connectivity index (χ1n) is 9.60. The SMILES string of the molecule is O=S(=O)(c1cccc(C#Cc2cccc(O)c2)c1)N1CCN(c2ccccn2)CC1. The summed E-state index contributed by atoms with van der Waals surface area (Å²) >= 11 is 0. The molecule has 0 radical (unpaired) electrons. The zero-order valence-corrected chi connectivity index (χ0v) is 17.1. The maximum Gasteiger partial charge on any atom is 0.243 e. The van der Waals surface area contributed by atoms with Gasteiger partial charge in [-0.2, -0.15) is 4.31 Å². The number of piperazine rings is 1. The van der Waals surface area contributed by atoms with Crippen LogP contribution in [0, 0.1) is 11.8 Å². The molecule has 1 N–H and O–H groups in total. The van der Waals surface area contributed by atoms with Crippen molar-refractivity contribution in [1.82, 2.24) is 9.29 Å². The quantitative estimate of drug-likeness (QED) is 0.661. The fourth-order valence-corrected chi connectivity index (χ4v) is 4.78. The van der Waals surface area contributed by atoms with E-state index in [-0.39, 0.29) is 10.6 Å². The highest BCUT2D eigenvalue weighted by Crippen LogP contribution is 2.20. The first kappa shape index (κ1) is 20.0. The van der Waals surface area contributed by atoms with Gasteiger partial charge in [-0.25, -0.2) is 13.4 Å². The minimum atomic E-state index is -3.60. The molecule has 6 nitrogen and oxygen atoms in total. The summed E-state index contributed by atoms with van der Waals surface area (Å²) in [4.78, 5) is 6.66. The van der Waals surface area contributed by atoms with Gasteiger partial charge in [0.2, 0.25) is 10.0 Å². The molecule has 30 heavy (non-hydrogen) atoms. The Morgan fingerprint density at radius 3 is 2.20 bits per heavy atom. The van der Waals surface area contributed by atoms with Crippen molar-refractivity contribution in [3.05, 3.63) is 84.1 Å². The highest BCUT2D eigenvalue weighted by molar-refractivity contribution is 7.89. The Hall–Kier alpha value is -3.34. The molecule has 2 heterocycles.